The van der Waals surface area contributed by atoms with Crippen molar-refractivity contribution in [2.24, 2.45) is 0 Å². The van der Waals surface area contributed by atoms with Crippen LogP contribution < -0.4 is 0 Å². The van der Waals surface area contributed by atoms with Gasteiger partial charge >= 0.3 is 0 Å². The van der Waals surface area contributed by atoms with Crippen molar-refractivity contribution >= 4 is 11.8 Å². The van der Waals surface area contributed by atoms with Gasteiger partial charge in [0.05, 0.1) is 5.56 Å². The molecule has 3 heteroatoms. The van der Waals surface area contributed by atoms with E-state index >= 15 is 0 Å². The summed E-state index contributed by atoms with van der Waals surface area (Å²) in [5.41, 5.74) is 1.63. The minimum absolute atomic E-state index is 0.494. The van der Waals surface area contributed by atoms with Gasteiger partial charge in [-0.15, -0.1) is 11.8 Å². The summed E-state index contributed by atoms with van der Waals surface area (Å²) in [6.07, 6.45) is 1.64. The molecule has 0 atom stereocenters. The maximum atomic E-state index is 8.82. The average molecular weight is 192 g/mol. The minimum Gasteiger partial charge on any atom is -0.260 e. The number of pyridine rings is 1. The number of thioether (sulfide) groups is 1. The largest absolute Gasteiger partial charge is 0.260 e. The Bertz CT molecular complexity index is 339. The molecular weight excluding hydrogens is 180 g/mol. The topological polar surface area (TPSA) is 36.7 Å². The first-order valence-corrected chi connectivity index (χ1v) is 5.05. The van der Waals surface area contributed by atoms with Gasteiger partial charge in [0.1, 0.15) is 6.07 Å². The molecular formula is C10H12N2S. The van der Waals surface area contributed by atoms with Gasteiger partial charge in [0.2, 0.25) is 0 Å². The molecule has 0 fully saturated rings. The van der Waals surface area contributed by atoms with E-state index in [1.165, 1.54) is 0 Å². The molecule has 0 radical (unpaired) electrons. The van der Waals surface area contributed by atoms with Gasteiger partial charge in [-0.2, -0.15) is 5.26 Å². The number of hydrogen-bond acceptors (Lipinski definition) is 3. The van der Waals surface area contributed by atoms with Crippen LogP contribution >= 0.6 is 11.8 Å². The number of aromatic nitrogens is 1. The van der Waals surface area contributed by atoms with Gasteiger partial charge < -0.3 is 0 Å². The van der Waals surface area contributed by atoms with Crippen LogP contribution in [0.15, 0.2) is 17.2 Å². The quantitative estimate of drug-likeness (QED) is 0.676. The lowest BCUT2D eigenvalue weighted by atomic mass is 10.3. The van der Waals surface area contributed by atoms with E-state index in [0.717, 1.165) is 10.6 Å². The monoisotopic (exact) mass is 192 g/mol. The fourth-order valence-electron chi connectivity index (χ4n) is 0.970. The maximum absolute atomic E-state index is 8.82. The van der Waals surface area contributed by atoms with E-state index in [2.05, 4.69) is 24.9 Å². The summed E-state index contributed by atoms with van der Waals surface area (Å²) in [5, 5.41) is 9.31. The predicted molar refractivity (Wildman–Crippen MR) is 54.7 cm³/mol. The van der Waals surface area contributed by atoms with E-state index in [-0.39, 0.29) is 0 Å². The molecule has 1 aromatic heterocycles. The second-order valence-electron chi connectivity index (χ2n) is 3.10. The van der Waals surface area contributed by atoms with Gasteiger partial charge in [-0.3, -0.25) is 4.98 Å². The molecule has 0 saturated heterocycles. The van der Waals surface area contributed by atoms with E-state index < -0.39 is 0 Å². The lowest BCUT2D eigenvalue weighted by molar-refractivity contribution is 1.09. The summed E-state index contributed by atoms with van der Waals surface area (Å²) in [6, 6.07) is 4.11. The fraction of sp³-hybridized carbons (Fsp3) is 0.400. The zero-order valence-corrected chi connectivity index (χ0v) is 8.85. The first kappa shape index (κ1) is 10.1. The van der Waals surface area contributed by atoms with Gasteiger partial charge in [-0.05, 0) is 13.0 Å². The number of hydrogen-bond donors (Lipinski definition) is 0. The van der Waals surface area contributed by atoms with E-state index in [4.69, 9.17) is 5.26 Å². The number of rotatable bonds is 2. The highest BCUT2D eigenvalue weighted by Gasteiger charge is 2.05. The molecule has 0 aromatic carbocycles. The molecule has 2 nitrogen and oxygen atoms in total. The third-order valence-electron chi connectivity index (χ3n) is 1.49. The van der Waals surface area contributed by atoms with E-state index in [1.807, 2.05) is 13.0 Å². The highest BCUT2D eigenvalue weighted by molar-refractivity contribution is 8.00. The molecule has 13 heavy (non-hydrogen) atoms. The van der Waals surface area contributed by atoms with Crippen LogP contribution in [0.3, 0.4) is 0 Å². The molecule has 0 bridgehead atoms. The van der Waals surface area contributed by atoms with Crippen LogP contribution in [0.25, 0.3) is 0 Å². The molecule has 0 aliphatic carbocycles. The second kappa shape index (κ2) is 4.29. The predicted octanol–water partition coefficient (Wildman–Crippen LogP) is 2.76. The standard InChI is InChI=1S/C10H12N2S/c1-7(2)13-10-4-8(3)12-6-9(10)5-11/h4,6-7H,1-3H3. The van der Waals surface area contributed by atoms with Gasteiger partial charge in [0, 0.05) is 22.0 Å². The van der Waals surface area contributed by atoms with Gasteiger partial charge in [-0.1, -0.05) is 13.8 Å². The van der Waals surface area contributed by atoms with Crippen molar-refractivity contribution < 1.29 is 0 Å². The molecule has 1 rings (SSSR count). The summed E-state index contributed by atoms with van der Waals surface area (Å²) in [5.74, 6) is 0. The van der Waals surface area contributed by atoms with Crippen LogP contribution in [-0.2, 0) is 0 Å². The van der Waals surface area contributed by atoms with Crippen molar-refractivity contribution in [2.75, 3.05) is 0 Å². The highest BCUT2D eigenvalue weighted by Crippen LogP contribution is 2.26. The third kappa shape index (κ3) is 2.74. The van der Waals surface area contributed by atoms with Gasteiger partial charge in [0.25, 0.3) is 0 Å². The summed E-state index contributed by atoms with van der Waals surface area (Å²) in [4.78, 5) is 5.11. The first-order chi connectivity index (χ1) is 6.13. The number of nitrogens with zero attached hydrogens (tertiary/aromatic N) is 2. The Morgan fingerprint density at radius 1 is 1.54 bits per heavy atom. The Hall–Kier alpha value is -1.01. The highest BCUT2D eigenvalue weighted by atomic mass is 32.2. The molecule has 68 valence electrons. The summed E-state index contributed by atoms with van der Waals surface area (Å²) >= 11 is 1.70. The van der Waals surface area contributed by atoms with Crippen LogP contribution in [-0.4, -0.2) is 10.2 Å². The second-order valence-corrected chi connectivity index (χ2v) is 4.72. The smallest absolute Gasteiger partial charge is 0.102 e. The maximum Gasteiger partial charge on any atom is 0.102 e. The van der Waals surface area contributed by atoms with Crippen LogP contribution in [0.4, 0.5) is 0 Å². The van der Waals surface area contributed by atoms with Crippen molar-refractivity contribution in [3.05, 3.63) is 23.5 Å². The van der Waals surface area contributed by atoms with E-state index in [0.29, 0.717) is 10.8 Å². The lowest BCUT2D eigenvalue weighted by Gasteiger charge is -2.06. The van der Waals surface area contributed by atoms with Gasteiger partial charge in [0.15, 0.2) is 0 Å². The Kier molecular flexibility index (Phi) is 3.32. The van der Waals surface area contributed by atoms with Crippen molar-refractivity contribution in [1.29, 1.82) is 5.26 Å². The zero-order valence-electron chi connectivity index (χ0n) is 8.03. The summed E-state index contributed by atoms with van der Waals surface area (Å²) < 4.78 is 0. The molecule has 0 aliphatic rings. The molecule has 0 N–H and O–H groups in total. The molecule has 0 amide bonds. The Balaban J connectivity index is 3.03. The Morgan fingerprint density at radius 3 is 2.77 bits per heavy atom. The molecule has 1 aromatic rings. The van der Waals surface area contributed by atoms with E-state index in [9.17, 15) is 0 Å². The number of aryl methyl sites for hydroxylation is 1. The van der Waals surface area contributed by atoms with Crippen molar-refractivity contribution in [3.63, 3.8) is 0 Å². The molecule has 1 heterocycles. The average Bonchev–Trinajstić information content (AvgIpc) is 2.03. The normalized spacial score (nSPS) is 10.1. The van der Waals surface area contributed by atoms with Crippen molar-refractivity contribution in [2.45, 2.75) is 30.9 Å². The fourth-order valence-corrected chi connectivity index (χ4v) is 1.94. The van der Waals surface area contributed by atoms with Crippen LogP contribution in [0.2, 0.25) is 0 Å². The van der Waals surface area contributed by atoms with Crippen molar-refractivity contribution in [1.82, 2.24) is 4.98 Å². The SMILES string of the molecule is Cc1cc(SC(C)C)c(C#N)cn1. The van der Waals surface area contributed by atoms with E-state index in [1.54, 1.807) is 18.0 Å². The lowest BCUT2D eigenvalue weighted by Crippen LogP contribution is -1.92. The van der Waals surface area contributed by atoms with Crippen LogP contribution in [0.5, 0.6) is 0 Å². The molecule has 0 saturated carbocycles. The van der Waals surface area contributed by atoms with Crippen LogP contribution in [0.1, 0.15) is 25.1 Å². The summed E-state index contributed by atoms with van der Waals surface area (Å²) in [7, 11) is 0. The molecule has 0 aliphatic heterocycles. The molecule has 0 unspecified atom stereocenters. The number of nitriles is 1. The van der Waals surface area contributed by atoms with Gasteiger partial charge in [-0.25, -0.2) is 0 Å². The van der Waals surface area contributed by atoms with Crippen LogP contribution in [0, 0.1) is 18.3 Å². The van der Waals surface area contributed by atoms with Crippen molar-refractivity contribution in [3.8, 4) is 6.07 Å². The zero-order chi connectivity index (χ0) is 9.84. The summed E-state index contributed by atoms with van der Waals surface area (Å²) in [6.45, 7) is 6.16. The Labute approximate surface area is 83.0 Å². The first-order valence-electron chi connectivity index (χ1n) is 4.17. The third-order valence-corrected chi connectivity index (χ3v) is 2.55. The Morgan fingerprint density at radius 2 is 2.23 bits per heavy atom. The minimum atomic E-state index is 0.494. The molecule has 0 spiro atoms.